The maximum atomic E-state index is 11.0. The van der Waals surface area contributed by atoms with Crippen LogP contribution in [0.1, 0.15) is 47.9 Å². The van der Waals surface area contributed by atoms with Gasteiger partial charge in [-0.3, -0.25) is 5.32 Å². The molecule has 0 atom stereocenters. The maximum Gasteiger partial charge on any atom is 0.409 e. The number of nitrogens with zero attached hydrogens (tertiary/aromatic N) is 2. The molecule has 2 aliphatic rings. The van der Waals surface area contributed by atoms with Crippen LogP contribution in [0.3, 0.4) is 0 Å². The molecule has 2 aromatic heterocycles. The molecule has 0 saturated heterocycles. The quantitative estimate of drug-likeness (QED) is 0.903. The largest absolute Gasteiger partial charge is 0.465 e. The standard InChI is InChI=1S/C14H15N3O3S/c18-14(19)16-13-10(8-3-1-2-4-9(8)21-13)12-15-11(17-20-12)7-5-6-7/h7,16H,1-6H2,(H,18,19). The molecule has 0 spiro atoms. The topological polar surface area (TPSA) is 88.2 Å². The zero-order chi connectivity index (χ0) is 14.4. The normalized spacial score (nSPS) is 17.5. The molecule has 7 heteroatoms. The van der Waals surface area contributed by atoms with Crippen LogP contribution in [0, 0.1) is 0 Å². The Morgan fingerprint density at radius 2 is 2.14 bits per heavy atom. The number of nitrogens with one attached hydrogen (secondary N) is 1. The van der Waals surface area contributed by atoms with E-state index in [1.807, 2.05) is 0 Å². The highest BCUT2D eigenvalue weighted by atomic mass is 32.1. The van der Waals surface area contributed by atoms with Gasteiger partial charge in [0.25, 0.3) is 5.89 Å². The molecule has 0 aliphatic heterocycles. The summed E-state index contributed by atoms with van der Waals surface area (Å²) in [6, 6.07) is 0. The molecule has 1 saturated carbocycles. The highest BCUT2D eigenvalue weighted by molar-refractivity contribution is 7.17. The van der Waals surface area contributed by atoms with E-state index >= 15 is 0 Å². The van der Waals surface area contributed by atoms with Crippen molar-refractivity contribution in [3.63, 3.8) is 0 Å². The van der Waals surface area contributed by atoms with Gasteiger partial charge in [0, 0.05) is 10.8 Å². The average molecular weight is 305 g/mol. The van der Waals surface area contributed by atoms with Crippen LogP contribution in [0.2, 0.25) is 0 Å². The number of hydrogen-bond donors (Lipinski definition) is 2. The first-order valence-electron chi connectivity index (χ1n) is 7.21. The van der Waals surface area contributed by atoms with Crippen LogP contribution < -0.4 is 5.32 Å². The van der Waals surface area contributed by atoms with Crippen molar-refractivity contribution in [3.8, 4) is 11.5 Å². The number of aryl methyl sites for hydroxylation is 1. The molecule has 21 heavy (non-hydrogen) atoms. The molecule has 0 aromatic carbocycles. The lowest BCUT2D eigenvalue weighted by Crippen LogP contribution is -2.07. The third-order valence-electron chi connectivity index (χ3n) is 3.99. The number of aromatic nitrogens is 2. The van der Waals surface area contributed by atoms with Gasteiger partial charge >= 0.3 is 6.09 Å². The Balaban J connectivity index is 1.79. The SMILES string of the molecule is O=C(O)Nc1sc2c(c1-c1nc(C3CC3)no1)CCCC2. The van der Waals surface area contributed by atoms with E-state index in [1.54, 1.807) is 0 Å². The molecule has 2 N–H and O–H groups in total. The second kappa shape index (κ2) is 4.84. The van der Waals surface area contributed by atoms with Gasteiger partial charge in [-0.05, 0) is 44.1 Å². The van der Waals surface area contributed by atoms with Crippen molar-refractivity contribution in [2.75, 3.05) is 5.32 Å². The number of thiophene rings is 1. The van der Waals surface area contributed by atoms with Crippen molar-refractivity contribution in [2.45, 2.75) is 44.4 Å². The Morgan fingerprint density at radius 3 is 2.90 bits per heavy atom. The lowest BCUT2D eigenvalue weighted by Gasteiger charge is -2.10. The van der Waals surface area contributed by atoms with E-state index in [0.29, 0.717) is 16.8 Å². The number of rotatable bonds is 3. The molecule has 1 fully saturated rings. The van der Waals surface area contributed by atoms with Crippen LogP contribution in [0.5, 0.6) is 0 Å². The lowest BCUT2D eigenvalue weighted by molar-refractivity contribution is 0.210. The zero-order valence-electron chi connectivity index (χ0n) is 11.4. The second-order valence-electron chi connectivity index (χ2n) is 5.58. The van der Waals surface area contributed by atoms with Gasteiger partial charge in [0.15, 0.2) is 5.82 Å². The second-order valence-corrected chi connectivity index (χ2v) is 6.68. The minimum atomic E-state index is -1.06. The maximum absolute atomic E-state index is 11.0. The lowest BCUT2D eigenvalue weighted by atomic mass is 9.95. The number of hydrogen-bond acceptors (Lipinski definition) is 5. The van der Waals surface area contributed by atoms with Crippen molar-refractivity contribution in [1.29, 1.82) is 0 Å². The predicted octanol–water partition coefficient (Wildman–Crippen LogP) is 3.64. The monoisotopic (exact) mass is 305 g/mol. The summed E-state index contributed by atoms with van der Waals surface area (Å²) < 4.78 is 5.41. The van der Waals surface area contributed by atoms with Gasteiger partial charge in [-0.1, -0.05) is 5.16 Å². The first-order chi connectivity index (χ1) is 10.2. The molecule has 2 aromatic rings. The third-order valence-corrected chi connectivity index (χ3v) is 5.20. The average Bonchev–Trinajstić information content (AvgIpc) is 3.08. The van der Waals surface area contributed by atoms with Crippen LogP contribution in [-0.4, -0.2) is 21.3 Å². The molecule has 0 bridgehead atoms. The minimum absolute atomic E-state index is 0.424. The summed E-state index contributed by atoms with van der Waals surface area (Å²) in [4.78, 5) is 16.7. The van der Waals surface area contributed by atoms with Gasteiger partial charge in [-0.15, -0.1) is 11.3 Å². The summed E-state index contributed by atoms with van der Waals surface area (Å²) in [6.07, 6.45) is 5.38. The fourth-order valence-corrected chi connectivity index (χ4v) is 4.09. The Morgan fingerprint density at radius 1 is 1.33 bits per heavy atom. The van der Waals surface area contributed by atoms with Gasteiger partial charge in [0.2, 0.25) is 0 Å². The summed E-state index contributed by atoms with van der Waals surface area (Å²) in [6.45, 7) is 0. The van der Waals surface area contributed by atoms with Crippen LogP contribution in [0.25, 0.3) is 11.5 Å². The summed E-state index contributed by atoms with van der Waals surface area (Å²) >= 11 is 1.50. The Kier molecular flexibility index (Phi) is 2.95. The van der Waals surface area contributed by atoms with E-state index in [2.05, 4.69) is 15.5 Å². The fraction of sp³-hybridized carbons (Fsp3) is 0.500. The first-order valence-corrected chi connectivity index (χ1v) is 8.02. The summed E-state index contributed by atoms with van der Waals surface area (Å²) in [7, 11) is 0. The number of carboxylic acid groups (broad SMARTS) is 1. The van der Waals surface area contributed by atoms with Crippen molar-refractivity contribution in [1.82, 2.24) is 10.1 Å². The number of carbonyl (C=O) groups is 1. The van der Waals surface area contributed by atoms with E-state index in [0.717, 1.165) is 49.9 Å². The molecule has 110 valence electrons. The van der Waals surface area contributed by atoms with Gasteiger partial charge in [0.05, 0.1) is 5.56 Å². The molecule has 2 aliphatic carbocycles. The number of anilines is 1. The Labute approximate surface area is 125 Å². The van der Waals surface area contributed by atoms with Crippen LogP contribution in [-0.2, 0) is 12.8 Å². The minimum Gasteiger partial charge on any atom is -0.465 e. The molecule has 0 unspecified atom stereocenters. The smallest absolute Gasteiger partial charge is 0.409 e. The van der Waals surface area contributed by atoms with Crippen LogP contribution in [0.4, 0.5) is 9.80 Å². The van der Waals surface area contributed by atoms with Crippen molar-refractivity contribution in [2.24, 2.45) is 0 Å². The van der Waals surface area contributed by atoms with Gasteiger partial charge < -0.3 is 9.63 Å². The Hall–Kier alpha value is -1.89. The van der Waals surface area contributed by atoms with Gasteiger partial charge in [-0.2, -0.15) is 4.98 Å². The van der Waals surface area contributed by atoms with Gasteiger partial charge in [-0.25, -0.2) is 4.79 Å². The summed E-state index contributed by atoms with van der Waals surface area (Å²) in [5, 5.41) is 16.2. The summed E-state index contributed by atoms with van der Waals surface area (Å²) in [5.74, 6) is 1.63. The zero-order valence-corrected chi connectivity index (χ0v) is 12.2. The van der Waals surface area contributed by atoms with Crippen molar-refractivity contribution < 1.29 is 14.4 Å². The van der Waals surface area contributed by atoms with E-state index in [1.165, 1.54) is 21.8 Å². The van der Waals surface area contributed by atoms with Crippen LogP contribution in [0.15, 0.2) is 4.52 Å². The molecule has 4 rings (SSSR count). The number of amides is 1. The van der Waals surface area contributed by atoms with E-state index < -0.39 is 6.09 Å². The highest BCUT2D eigenvalue weighted by Gasteiger charge is 2.31. The highest BCUT2D eigenvalue weighted by Crippen LogP contribution is 2.45. The van der Waals surface area contributed by atoms with Crippen LogP contribution >= 0.6 is 11.3 Å². The molecule has 0 radical (unpaired) electrons. The first kappa shape index (κ1) is 12.8. The Bertz CT molecular complexity index is 702. The number of fused-ring (bicyclic) bond motifs is 1. The molecular weight excluding hydrogens is 290 g/mol. The fourth-order valence-electron chi connectivity index (χ4n) is 2.82. The third kappa shape index (κ3) is 2.31. The molecule has 2 heterocycles. The van der Waals surface area contributed by atoms with Crippen molar-refractivity contribution >= 4 is 22.4 Å². The van der Waals surface area contributed by atoms with E-state index in [-0.39, 0.29) is 0 Å². The van der Waals surface area contributed by atoms with Crippen molar-refractivity contribution in [3.05, 3.63) is 16.3 Å². The van der Waals surface area contributed by atoms with E-state index in [4.69, 9.17) is 9.63 Å². The van der Waals surface area contributed by atoms with E-state index in [9.17, 15) is 4.79 Å². The molecule has 6 nitrogen and oxygen atoms in total. The summed E-state index contributed by atoms with van der Waals surface area (Å²) in [5.41, 5.74) is 1.98. The van der Waals surface area contributed by atoms with Gasteiger partial charge in [0.1, 0.15) is 5.00 Å². The predicted molar refractivity (Wildman–Crippen MR) is 77.9 cm³/mol. The molecular formula is C14H15N3O3S. The molecule has 1 amide bonds.